The zero-order chi connectivity index (χ0) is 27.3. The van der Waals surface area contributed by atoms with Gasteiger partial charge in [-0.05, 0) is 34.5 Å². The first-order chi connectivity index (χ1) is 15.8. The molecule has 2 amide bonds. The fourth-order valence-corrected chi connectivity index (χ4v) is 5.15. The van der Waals surface area contributed by atoms with Crippen LogP contribution in [0.4, 0.5) is 0 Å². The van der Waals surface area contributed by atoms with Crippen molar-refractivity contribution >= 4 is 11.8 Å². The van der Waals surface area contributed by atoms with Crippen molar-refractivity contribution in [2.45, 2.75) is 94.9 Å². The Labute approximate surface area is 216 Å². The molecule has 7 heteroatoms. The number of nitrogens with one attached hydrogen (secondary N) is 3. The van der Waals surface area contributed by atoms with Gasteiger partial charge in [0.15, 0.2) is 0 Å². The first-order valence-electron chi connectivity index (χ1n) is 13.4. The third-order valence-corrected chi connectivity index (χ3v) is 5.75. The first-order valence-corrected chi connectivity index (χ1v) is 13.4. The fraction of sp³-hybridized carbons (Fsp3) is 0.929. The van der Waals surface area contributed by atoms with E-state index in [1.165, 1.54) is 0 Å². The molecule has 0 rings (SSSR count). The SMILES string of the molecule is CC(C)(C)CC(C)(C)CNC(=O)CCNCCN(CCO)CCC(=O)NCC(C)(C)CC(C)(C)C. The molecule has 0 aliphatic heterocycles. The number of hydrogen-bond donors (Lipinski definition) is 4. The smallest absolute Gasteiger partial charge is 0.221 e. The maximum absolute atomic E-state index is 12.4. The van der Waals surface area contributed by atoms with Crippen LogP contribution in [0.15, 0.2) is 0 Å². The van der Waals surface area contributed by atoms with Crippen LogP contribution in [0.25, 0.3) is 0 Å². The minimum absolute atomic E-state index is 0.0499. The van der Waals surface area contributed by atoms with Crippen molar-refractivity contribution in [2.24, 2.45) is 21.7 Å². The Bertz CT molecular complexity index is 619. The summed E-state index contributed by atoms with van der Waals surface area (Å²) in [5.74, 6) is 0.117. The van der Waals surface area contributed by atoms with E-state index >= 15 is 0 Å². The Kier molecular flexibility index (Phi) is 14.6. The maximum Gasteiger partial charge on any atom is 0.221 e. The predicted octanol–water partition coefficient (Wildman–Crippen LogP) is 3.81. The molecule has 0 aromatic heterocycles. The van der Waals surface area contributed by atoms with Gasteiger partial charge in [-0.25, -0.2) is 0 Å². The topological polar surface area (TPSA) is 93.7 Å². The lowest BCUT2D eigenvalue weighted by Gasteiger charge is -2.32. The van der Waals surface area contributed by atoms with Crippen molar-refractivity contribution in [3.8, 4) is 0 Å². The maximum atomic E-state index is 12.4. The molecule has 4 N–H and O–H groups in total. The Morgan fingerprint density at radius 2 is 1.11 bits per heavy atom. The van der Waals surface area contributed by atoms with Crippen LogP contribution in [-0.2, 0) is 9.59 Å². The van der Waals surface area contributed by atoms with E-state index in [9.17, 15) is 14.7 Å². The van der Waals surface area contributed by atoms with Crippen LogP contribution in [-0.4, -0.2) is 74.2 Å². The molecule has 0 saturated carbocycles. The van der Waals surface area contributed by atoms with Gasteiger partial charge in [0.2, 0.25) is 11.8 Å². The Hall–Kier alpha value is -1.18. The second kappa shape index (κ2) is 15.2. The van der Waals surface area contributed by atoms with Gasteiger partial charge in [-0.1, -0.05) is 69.2 Å². The molecule has 0 aromatic rings. The second-order valence-electron chi connectivity index (χ2n) is 14.2. The zero-order valence-corrected chi connectivity index (χ0v) is 24.7. The molecule has 0 fully saturated rings. The van der Waals surface area contributed by atoms with E-state index in [0.29, 0.717) is 52.1 Å². The van der Waals surface area contributed by atoms with E-state index in [2.05, 4.69) is 90.1 Å². The van der Waals surface area contributed by atoms with Crippen LogP contribution in [0, 0.1) is 21.7 Å². The highest BCUT2D eigenvalue weighted by atomic mass is 16.3. The summed E-state index contributed by atoms with van der Waals surface area (Å²) >= 11 is 0. The quantitative estimate of drug-likeness (QED) is 0.229. The molecule has 0 bridgehead atoms. The van der Waals surface area contributed by atoms with Crippen molar-refractivity contribution in [2.75, 3.05) is 52.4 Å². The van der Waals surface area contributed by atoms with E-state index in [1.54, 1.807) is 0 Å². The van der Waals surface area contributed by atoms with Crippen LogP contribution in [0.5, 0.6) is 0 Å². The molecule has 0 spiro atoms. The molecule has 0 atom stereocenters. The summed E-state index contributed by atoms with van der Waals surface area (Å²) in [4.78, 5) is 26.7. The summed E-state index contributed by atoms with van der Waals surface area (Å²) < 4.78 is 0. The molecule has 208 valence electrons. The molecule has 0 aliphatic rings. The average Bonchev–Trinajstić information content (AvgIpc) is 2.65. The molecule has 0 unspecified atom stereocenters. The number of carbonyl (C=O) groups is 2. The zero-order valence-electron chi connectivity index (χ0n) is 24.7. The molecule has 0 saturated heterocycles. The first kappa shape index (κ1) is 33.8. The van der Waals surface area contributed by atoms with Crippen molar-refractivity contribution in [1.82, 2.24) is 20.9 Å². The number of carbonyl (C=O) groups excluding carboxylic acids is 2. The van der Waals surface area contributed by atoms with E-state index in [-0.39, 0.29) is 40.1 Å². The van der Waals surface area contributed by atoms with Gasteiger partial charge < -0.3 is 21.1 Å². The van der Waals surface area contributed by atoms with Gasteiger partial charge in [0, 0.05) is 58.7 Å². The molecule has 0 heterocycles. The molecule has 0 aliphatic carbocycles. The number of amides is 2. The van der Waals surface area contributed by atoms with Crippen molar-refractivity contribution < 1.29 is 14.7 Å². The molecular weight excluding hydrogens is 440 g/mol. The highest BCUT2D eigenvalue weighted by Gasteiger charge is 2.26. The fourth-order valence-electron chi connectivity index (χ4n) is 5.15. The lowest BCUT2D eigenvalue weighted by Crippen LogP contribution is -2.40. The highest BCUT2D eigenvalue weighted by Crippen LogP contribution is 2.33. The summed E-state index contributed by atoms with van der Waals surface area (Å²) in [6, 6.07) is 0. The predicted molar refractivity (Wildman–Crippen MR) is 147 cm³/mol. The Morgan fingerprint density at radius 3 is 1.54 bits per heavy atom. The Morgan fingerprint density at radius 1 is 0.657 bits per heavy atom. The summed E-state index contributed by atoms with van der Waals surface area (Å²) in [6.07, 6.45) is 2.94. The third-order valence-electron chi connectivity index (χ3n) is 5.75. The second-order valence-corrected chi connectivity index (χ2v) is 14.2. The summed E-state index contributed by atoms with van der Waals surface area (Å²) in [5, 5.41) is 18.8. The minimum atomic E-state index is 0.0499. The lowest BCUT2D eigenvalue weighted by molar-refractivity contribution is -0.122. The van der Waals surface area contributed by atoms with Crippen LogP contribution >= 0.6 is 0 Å². The van der Waals surface area contributed by atoms with Crippen molar-refractivity contribution in [3.63, 3.8) is 0 Å². The van der Waals surface area contributed by atoms with Crippen LogP contribution in [0.3, 0.4) is 0 Å². The van der Waals surface area contributed by atoms with Gasteiger partial charge in [-0.15, -0.1) is 0 Å². The number of rotatable bonds is 17. The normalized spacial score (nSPS) is 13.3. The van der Waals surface area contributed by atoms with E-state index in [1.807, 2.05) is 0 Å². The van der Waals surface area contributed by atoms with Crippen LogP contribution in [0.2, 0.25) is 0 Å². The number of aliphatic hydroxyl groups is 1. The highest BCUT2D eigenvalue weighted by molar-refractivity contribution is 5.76. The largest absolute Gasteiger partial charge is 0.395 e. The van der Waals surface area contributed by atoms with Crippen LogP contribution < -0.4 is 16.0 Å². The van der Waals surface area contributed by atoms with E-state index in [4.69, 9.17) is 0 Å². The number of nitrogens with zero attached hydrogens (tertiary/aromatic N) is 1. The molecule has 7 nitrogen and oxygen atoms in total. The van der Waals surface area contributed by atoms with Gasteiger partial charge in [-0.3, -0.25) is 14.5 Å². The third kappa shape index (κ3) is 20.7. The van der Waals surface area contributed by atoms with Gasteiger partial charge in [0.25, 0.3) is 0 Å². The summed E-state index contributed by atoms with van der Waals surface area (Å²) in [6.45, 7) is 26.7. The molecule has 35 heavy (non-hydrogen) atoms. The van der Waals surface area contributed by atoms with Gasteiger partial charge >= 0.3 is 0 Å². The summed E-state index contributed by atoms with van der Waals surface area (Å²) in [7, 11) is 0. The van der Waals surface area contributed by atoms with Gasteiger partial charge in [-0.2, -0.15) is 0 Å². The monoisotopic (exact) mass is 498 g/mol. The van der Waals surface area contributed by atoms with Crippen LogP contribution in [0.1, 0.15) is 94.9 Å². The van der Waals surface area contributed by atoms with Gasteiger partial charge in [0.05, 0.1) is 6.61 Å². The number of hydrogen-bond acceptors (Lipinski definition) is 5. The molecular formula is C28H58N4O3. The standard InChI is InChI=1S/C28H58N4O3/c1-25(2,3)19-27(7,8)21-30-23(34)11-13-29-14-16-32(17-18-33)15-12-24(35)31-22-28(9,10)20-26(4,5)6/h29,33H,11-22H2,1-10H3,(H,30,34)(H,31,35). The minimum Gasteiger partial charge on any atom is -0.395 e. The summed E-state index contributed by atoms with van der Waals surface area (Å²) in [5.41, 5.74) is 0.584. The lowest BCUT2D eigenvalue weighted by atomic mass is 9.76. The van der Waals surface area contributed by atoms with E-state index in [0.717, 1.165) is 19.4 Å². The van der Waals surface area contributed by atoms with Gasteiger partial charge in [0.1, 0.15) is 0 Å². The molecule has 0 aromatic carbocycles. The molecule has 0 radical (unpaired) electrons. The van der Waals surface area contributed by atoms with E-state index < -0.39 is 0 Å². The van der Waals surface area contributed by atoms with Crippen molar-refractivity contribution in [1.29, 1.82) is 0 Å². The van der Waals surface area contributed by atoms with Crippen molar-refractivity contribution in [3.05, 3.63) is 0 Å². The Balaban J connectivity index is 4.18. The average molecular weight is 499 g/mol. The number of aliphatic hydroxyl groups excluding tert-OH is 1.